The van der Waals surface area contributed by atoms with Crippen LogP contribution in [0.15, 0.2) is 42.5 Å². The van der Waals surface area contributed by atoms with Crippen LogP contribution in [0.2, 0.25) is 5.02 Å². The number of hydrogen-bond donors (Lipinski definition) is 1. The Balaban J connectivity index is 2.54. The first-order valence-corrected chi connectivity index (χ1v) is 9.35. The van der Waals surface area contributed by atoms with E-state index in [0.717, 1.165) is 6.07 Å². The second-order valence-corrected chi connectivity index (χ2v) is 9.87. The van der Waals surface area contributed by atoms with Gasteiger partial charge >= 0.3 is 0 Å². The lowest BCUT2D eigenvalue weighted by atomic mass is 10.0. The number of nitro groups is 1. The molecule has 0 aromatic heterocycles. The molecule has 0 unspecified atom stereocenters. The average Bonchev–Trinajstić information content (AvgIpc) is 2.54. The van der Waals surface area contributed by atoms with Gasteiger partial charge in [-0.3, -0.25) is 19.7 Å². The number of nitro benzene ring substituents is 1. The Kier molecular flexibility index (Phi) is 6.52. The third kappa shape index (κ3) is 4.42. The van der Waals surface area contributed by atoms with Crippen molar-refractivity contribution in [3.05, 3.63) is 68.7 Å². The molecule has 0 atom stereocenters. The van der Waals surface area contributed by atoms with E-state index < -0.39 is 10.7 Å². The smallest absolute Gasteiger partial charge is 0.270 e. The van der Waals surface area contributed by atoms with E-state index in [-0.39, 0.29) is 35.4 Å². The first-order valence-electron chi connectivity index (χ1n) is 6.48. The molecule has 0 spiro atoms. The number of hydrogen-bond acceptors (Lipinski definition) is 4. The van der Waals surface area contributed by atoms with E-state index in [2.05, 4.69) is 5.32 Å². The summed E-state index contributed by atoms with van der Waals surface area (Å²) in [5.41, 5.74) is 0.174. The van der Waals surface area contributed by atoms with Crippen molar-refractivity contribution in [3.8, 4) is 0 Å². The van der Waals surface area contributed by atoms with Crippen molar-refractivity contribution < 1.29 is 14.5 Å². The molecule has 0 aliphatic rings. The van der Waals surface area contributed by atoms with Gasteiger partial charge in [-0.2, -0.15) is 0 Å². The van der Waals surface area contributed by atoms with Crippen LogP contribution in [-0.2, 0) is 4.79 Å². The van der Waals surface area contributed by atoms with Crippen molar-refractivity contribution in [2.24, 2.45) is 0 Å². The minimum absolute atomic E-state index is 0.0131. The number of halogens is 3. The highest BCUT2D eigenvalue weighted by Crippen LogP contribution is 2.28. The maximum absolute atomic E-state index is 12.8. The molecule has 124 valence electrons. The number of benzene rings is 2. The fraction of sp³-hybridized carbons (Fsp3) is 0.0667. The van der Waals surface area contributed by atoms with Crippen LogP contribution in [0, 0.1) is 10.1 Å². The minimum atomic E-state index is -0.603. The molecule has 9 heteroatoms. The van der Waals surface area contributed by atoms with E-state index >= 15 is 0 Å². The molecule has 0 heterocycles. The van der Waals surface area contributed by atoms with E-state index in [1.54, 1.807) is 18.2 Å². The van der Waals surface area contributed by atoms with Crippen LogP contribution in [0.25, 0.3) is 0 Å². The molecule has 0 bridgehead atoms. The van der Waals surface area contributed by atoms with Gasteiger partial charge in [0.25, 0.3) is 5.69 Å². The van der Waals surface area contributed by atoms with Gasteiger partial charge in [0.1, 0.15) is 1.93 Å². The van der Waals surface area contributed by atoms with Crippen LogP contribution in [0.1, 0.15) is 15.9 Å². The SMILES string of the molecule is O=C(c1ccccc1Cl)c1cc([N+](=O)[O-])ccc1NC(=O)C(I)I. The van der Waals surface area contributed by atoms with E-state index in [4.69, 9.17) is 11.6 Å². The Hall–Kier alpha value is -1.27. The van der Waals surface area contributed by atoms with Gasteiger partial charge < -0.3 is 5.32 Å². The zero-order chi connectivity index (χ0) is 17.9. The summed E-state index contributed by atoms with van der Waals surface area (Å²) in [6.07, 6.45) is 0. The van der Waals surface area contributed by atoms with Crippen molar-refractivity contribution >= 4 is 79.8 Å². The van der Waals surface area contributed by atoms with Crippen LogP contribution in [0.4, 0.5) is 11.4 Å². The number of nitrogens with zero attached hydrogens (tertiary/aromatic N) is 1. The Morgan fingerprint density at radius 2 is 1.79 bits per heavy atom. The molecule has 6 nitrogen and oxygen atoms in total. The van der Waals surface area contributed by atoms with Gasteiger partial charge in [0.05, 0.1) is 21.2 Å². The molecule has 0 radical (unpaired) electrons. The molecule has 0 saturated heterocycles. The molecule has 2 aromatic rings. The quantitative estimate of drug-likeness (QED) is 0.187. The van der Waals surface area contributed by atoms with E-state index in [9.17, 15) is 19.7 Å². The summed E-state index contributed by atoms with van der Waals surface area (Å²) in [5, 5.41) is 13.8. The highest BCUT2D eigenvalue weighted by atomic mass is 127. The molecule has 0 aliphatic heterocycles. The molecule has 2 aromatic carbocycles. The van der Waals surface area contributed by atoms with Gasteiger partial charge in [-0.15, -0.1) is 0 Å². The Bertz CT molecular complexity index is 827. The number of nitrogens with one attached hydrogen (secondary N) is 1. The number of rotatable bonds is 5. The minimum Gasteiger partial charge on any atom is -0.324 e. The summed E-state index contributed by atoms with van der Waals surface area (Å²) in [6.45, 7) is 0. The normalized spacial score (nSPS) is 10.5. The Morgan fingerprint density at radius 3 is 2.38 bits per heavy atom. The van der Waals surface area contributed by atoms with Crippen molar-refractivity contribution in [1.29, 1.82) is 0 Å². The van der Waals surface area contributed by atoms with Crippen LogP contribution in [-0.4, -0.2) is 18.5 Å². The summed E-state index contributed by atoms with van der Waals surface area (Å²) in [4.78, 5) is 35.1. The zero-order valence-electron chi connectivity index (χ0n) is 11.8. The summed E-state index contributed by atoms with van der Waals surface area (Å²) >= 11 is 9.87. The van der Waals surface area contributed by atoms with Gasteiger partial charge in [-0.25, -0.2) is 0 Å². The van der Waals surface area contributed by atoms with Crippen molar-refractivity contribution in [2.75, 3.05) is 5.32 Å². The monoisotopic (exact) mass is 570 g/mol. The van der Waals surface area contributed by atoms with Crippen LogP contribution in [0.3, 0.4) is 0 Å². The molecular formula is C15H9ClI2N2O4. The molecule has 0 saturated carbocycles. The Morgan fingerprint density at radius 1 is 1.12 bits per heavy atom. The van der Waals surface area contributed by atoms with Gasteiger partial charge in [-0.1, -0.05) is 68.9 Å². The van der Waals surface area contributed by atoms with Crippen molar-refractivity contribution in [1.82, 2.24) is 0 Å². The summed E-state index contributed by atoms with van der Waals surface area (Å²) in [6, 6.07) is 10.1. The topological polar surface area (TPSA) is 89.3 Å². The molecule has 1 amide bonds. The maximum Gasteiger partial charge on any atom is 0.270 e. The lowest BCUT2D eigenvalue weighted by molar-refractivity contribution is -0.384. The molecule has 0 fully saturated rings. The maximum atomic E-state index is 12.8. The lowest BCUT2D eigenvalue weighted by Gasteiger charge is -2.12. The number of non-ortho nitro benzene ring substituents is 1. The highest BCUT2D eigenvalue weighted by Gasteiger charge is 2.22. The van der Waals surface area contributed by atoms with Crippen molar-refractivity contribution in [2.45, 2.75) is 1.93 Å². The van der Waals surface area contributed by atoms with Gasteiger partial charge in [0.15, 0.2) is 5.78 Å². The second kappa shape index (κ2) is 8.21. The van der Waals surface area contributed by atoms with Gasteiger partial charge in [0, 0.05) is 17.7 Å². The van der Waals surface area contributed by atoms with Crippen LogP contribution >= 0.6 is 56.8 Å². The summed E-state index contributed by atoms with van der Waals surface area (Å²) in [7, 11) is 0. The molecule has 2 rings (SSSR count). The standard InChI is InChI=1S/C15H9ClI2N2O4/c16-11-4-2-1-3-9(11)13(21)10-7-8(20(23)24)5-6-12(10)19-15(22)14(17)18/h1-7,14H,(H,19,22). The van der Waals surface area contributed by atoms with E-state index in [0.29, 0.717) is 0 Å². The first kappa shape index (κ1) is 19.1. The highest BCUT2D eigenvalue weighted by molar-refractivity contribution is 14.2. The second-order valence-electron chi connectivity index (χ2n) is 4.59. The number of amides is 1. The number of carbonyl (C=O) groups is 2. The van der Waals surface area contributed by atoms with E-state index in [1.165, 1.54) is 18.2 Å². The van der Waals surface area contributed by atoms with Gasteiger partial charge in [0.2, 0.25) is 5.91 Å². The van der Waals surface area contributed by atoms with E-state index in [1.807, 2.05) is 45.2 Å². The number of anilines is 1. The molecular weight excluding hydrogens is 561 g/mol. The predicted molar refractivity (Wildman–Crippen MR) is 108 cm³/mol. The number of alkyl halides is 2. The lowest BCUT2D eigenvalue weighted by Crippen LogP contribution is -2.20. The largest absolute Gasteiger partial charge is 0.324 e. The van der Waals surface area contributed by atoms with Crippen LogP contribution in [0.5, 0.6) is 0 Å². The average molecular weight is 571 g/mol. The van der Waals surface area contributed by atoms with Crippen molar-refractivity contribution in [3.63, 3.8) is 0 Å². The first-order chi connectivity index (χ1) is 11.3. The predicted octanol–water partition coefficient (Wildman–Crippen LogP) is 4.61. The molecule has 0 aliphatic carbocycles. The number of ketones is 1. The number of carbonyl (C=O) groups excluding carboxylic acids is 2. The summed E-state index contributed by atoms with van der Waals surface area (Å²) < 4.78 is -0.362. The Labute approximate surface area is 169 Å². The third-order valence-electron chi connectivity index (χ3n) is 3.03. The molecule has 1 N–H and O–H groups in total. The summed E-state index contributed by atoms with van der Waals surface area (Å²) in [5.74, 6) is -0.823. The molecule has 24 heavy (non-hydrogen) atoms. The van der Waals surface area contributed by atoms with Crippen LogP contribution < -0.4 is 5.32 Å². The fourth-order valence-electron chi connectivity index (χ4n) is 1.92. The third-order valence-corrected chi connectivity index (χ3v) is 4.49. The van der Waals surface area contributed by atoms with Gasteiger partial charge in [-0.05, 0) is 18.2 Å². The fourth-order valence-corrected chi connectivity index (χ4v) is 2.45. The zero-order valence-corrected chi connectivity index (χ0v) is 16.9.